The molecule has 0 aromatic heterocycles. The van der Waals surface area contributed by atoms with Gasteiger partial charge in [-0.05, 0) is 24.3 Å². The summed E-state index contributed by atoms with van der Waals surface area (Å²) in [5.41, 5.74) is 5.98. The molecule has 2 nitrogen and oxygen atoms in total. The third-order valence-corrected chi connectivity index (χ3v) is 0.893. The minimum Gasteiger partial charge on any atom is -0.508 e. The van der Waals surface area contributed by atoms with Gasteiger partial charge in [0.25, 0.3) is 0 Å². The zero-order valence-corrected chi connectivity index (χ0v) is 6.80. The minimum atomic E-state index is 0. The molecule has 0 bridgehead atoms. The summed E-state index contributed by atoms with van der Waals surface area (Å²) >= 11 is 0. The molecule has 0 aliphatic carbocycles. The van der Waals surface area contributed by atoms with Crippen molar-refractivity contribution < 1.29 is 27.5 Å². The molecular weight excluding hydrogens is 299 g/mol. The van der Waals surface area contributed by atoms with E-state index in [9.17, 15) is 0 Å². The zero-order chi connectivity index (χ0) is 5.98. The van der Waals surface area contributed by atoms with Crippen LogP contribution in [0.15, 0.2) is 24.3 Å². The molecule has 0 fully saturated rings. The van der Waals surface area contributed by atoms with E-state index in [-0.39, 0.29) is 28.1 Å². The number of hydrogen-bond donors (Lipinski definition) is 2. The Kier molecular flexibility index (Phi) is 3.39. The van der Waals surface area contributed by atoms with Gasteiger partial charge in [0.15, 0.2) is 0 Å². The number of anilines is 1. The van der Waals surface area contributed by atoms with Crippen LogP contribution in [0.1, 0.15) is 0 Å². The van der Waals surface area contributed by atoms with Gasteiger partial charge in [0.2, 0.25) is 0 Å². The van der Waals surface area contributed by atoms with Gasteiger partial charge < -0.3 is 10.8 Å². The van der Waals surface area contributed by atoms with E-state index in [2.05, 4.69) is 0 Å². The first-order valence-electron chi connectivity index (χ1n) is 2.33. The van der Waals surface area contributed by atoms with Crippen LogP contribution in [0.2, 0.25) is 0 Å². The summed E-state index contributed by atoms with van der Waals surface area (Å²) < 4.78 is 0. The fourth-order valence-corrected chi connectivity index (χ4v) is 0.474. The minimum absolute atomic E-state index is 0. The van der Waals surface area contributed by atoms with Gasteiger partial charge in [0, 0.05) is 28.1 Å². The summed E-state index contributed by atoms with van der Waals surface area (Å²) in [6, 6.07) is 6.40. The fourth-order valence-electron chi connectivity index (χ4n) is 0.474. The first-order valence-corrected chi connectivity index (χ1v) is 2.33. The maximum Gasteiger partial charge on any atom is 0.115 e. The predicted molar refractivity (Wildman–Crippen MR) is 32.5 cm³/mol. The molecular formula is C6H7AuNO. The molecule has 1 radical (unpaired) electrons. The third-order valence-electron chi connectivity index (χ3n) is 0.893. The molecule has 1 rings (SSSR count). The average molecular weight is 306 g/mol. The van der Waals surface area contributed by atoms with E-state index in [1.165, 1.54) is 0 Å². The Morgan fingerprint density at radius 3 is 1.89 bits per heavy atom. The largest absolute Gasteiger partial charge is 0.508 e. The molecule has 0 aliphatic heterocycles. The molecule has 0 atom stereocenters. The number of benzene rings is 1. The molecule has 0 aliphatic rings. The van der Waals surface area contributed by atoms with Crippen LogP contribution >= 0.6 is 0 Å². The molecule has 53 valence electrons. The van der Waals surface area contributed by atoms with Crippen molar-refractivity contribution in [3.05, 3.63) is 24.3 Å². The van der Waals surface area contributed by atoms with Gasteiger partial charge in [0.05, 0.1) is 0 Å². The van der Waals surface area contributed by atoms with E-state index < -0.39 is 0 Å². The van der Waals surface area contributed by atoms with Crippen LogP contribution in [-0.4, -0.2) is 5.11 Å². The summed E-state index contributed by atoms with van der Waals surface area (Å²) in [7, 11) is 0. The second-order valence-electron chi connectivity index (χ2n) is 1.59. The van der Waals surface area contributed by atoms with Crippen LogP contribution in [0.25, 0.3) is 0 Å². The SMILES string of the molecule is Nc1ccc(O)cc1.[Au]. The first-order chi connectivity index (χ1) is 3.79. The van der Waals surface area contributed by atoms with E-state index in [4.69, 9.17) is 10.8 Å². The van der Waals surface area contributed by atoms with Gasteiger partial charge in [0.1, 0.15) is 5.75 Å². The van der Waals surface area contributed by atoms with Crippen LogP contribution in [0.3, 0.4) is 0 Å². The average Bonchev–Trinajstić information content (AvgIpc) is 1.77. The molecule has 0 spiro atoms. The van der Waals surface area contributed by atoms with E-state index in [0.29, 0.717) is 5.69 Å². The van der Waals surface area contributed by atoms with Crippen molar-refractivity contribution in [3.63, 3.8) is 0 Å². The Morgan fingerprint density at radius 2 is 1.56 bits per heavy atom. The normalized spacial score (nSPS) is 8.00. The molecule has 0 amide bonds. The van der Waals surface area contributed by atoms with Crippen LogP contribution in [-0.2, 0) is 22.4 Å². The van der Waals surface area contributed by atoms with Crippen molar-refractivity contribution in [2.75, 3.05) is 5.73 Å². The Morgan fingerprint density at radius 1 is 1.11 bits per heavy atom. The van der Waals surface area contributed by atoms with E-state index in [1.807, 2.05) is 0 Å². The smallest absolute Gasteiger partial charge is 0.115 e. The fraction of sp³-hybridized carbons (Fsp3) is 0. The Bertz CT molecular complexity index is 152. The molecule has 0 heterocycles. The molecule has 3 N–H and O–H groups in total. The zero-order valence-electron chi connectivity index (χ0n) is 4.64. The van der Waals surface area contributed by atoms with Gasteiger partial charge in [-0.25, -0.2) is 0 Å². The second kappa shape index (κ2) is 3.56. The van der Waals surface area contributed by atoms with Gasteiger partial charge in [-0.15, -0.1) is 0 Å². The molecule has 0 unspecified atom stereocenters. The summed E-state index contributed by atoms with van der Waals surface area (Å²) in [6.07, 6.45) is 0. The Balaban J connectivity index is 0.000000640. The monoisotopic (exact) mass is 306 g/mol. The summed E-state index contributed by atoms with van der Waals surface area (Å²) in [4.78, 5) is 0. The molecule has 9 heavy (non-hydrogen) atoms. The number of hydrogen-bond acceptors (Lipinski definition) is 2. The topological polar surface area (TPSA) is 46.2 Å². The number of rotatable bonds is 0. The van der Waals surface area contributed by atoms with Crippen LogP contribution in [0.4, 0.5) is 5.69 Å². The number of aromatic hydroxyl groups is 1. The van der Waals surface area contributed by atoms with E-state index in [1.54, 1.807) is 24.3 Å². The van der Waals surface area contributed by atoms with Crippen LogP contribution in [0.5, 0.6) is 5.75 Å². The molecule has 1 aromatic carbocycles. The van der Waals surface area contributed by atoms with Crippen molar-refractivity contribution in [2.24, 2.45) is 0 Å². The van der Waals surface area contributed by atoms with Gasteiger partial charge >= 0.3 is 0 Å². The predicted octanol–water partition coefficient (Wildman–Crippen LogP) is 0.972. The Labute approximate surface area is 69.2 Å². The number of phenolic OH excluding ortho intramolecular Hbond substituents is 1. The first kappa shape index (κ1) is 8.56. The molecule has 0 saturated carbocycles. The summed E-state index contributed by atoms with van der Waals surface area (Å²) in [5.74, 6) is 0.249. The van der Waals surface area contributed by atoms with E-state index in [0.717, 1.165) is 0 Å². The summed E-state index contributed by atoms with van der Waals surface area (Å²) in [5, 5.41) is 8.70. The van der Waals surface area contributed by atoms with Gasteiger partial charge in [-0.2, -0.15) is 0 Å². The quantitative estimate of drug-likeness (QED) is 0.426. The number of nitrogen functional groups attached to an aromatic ring is 1. The van der Waals surface area contributed by atoms with Crippen LogP contribution in [0, 0.1) is 0 Å². The van der Waals surface area contributed by atoms with Crippen molar-refractivity contribution in [1.82, 2.24) is 0 Å². The molecule has 1 aromatic rings. The van der Waals surface area contributed by atoms with Crippen molar-refractivity contribution in [1.29, 1.82) is 0 Å². The molecule has 0 saturated heterocycles. The van der Waals surface area contributed by atoms with Crippen molar-refractivity contribution in [3.8, 4) is 5.75 Å². The van der Waals surface area contributed by atoms with Gasteiger partial charge in [-0.3, -0.25) is 0 Å². The molecule has 3 heteroatoms. The number of phenols is 1. The van der Waals surface area contributed by atoms with Crippen molar-refractivity contribution in [2.45, 2.75) is 0 Å². The standard InChI is InChI=1S/C6H7NO.Au/c7-5-1-3-6(8)4-2-5;/h1-4,8H,7H2;. The second-order valence-corrected chi connectivity index (χ2v) is 1.59. The summed E-state index contributed by atoms with van der Waals surface area (Å²) in [6.45, 7) is 0. The van der Waals surface area contributed by atoms with Crippen molar-refractivity contribution >= 4 is 5.69 Å². The number of nitrogens with two attached hydrogens (primary N) is 1. The van der Waals surface area contributed by atoms with Gasteiger partial charge in [-0.1, -0.05) is 0 Å². The Hall–Kier alpha value is -0.440. The van der Waals surface area contributed by atoms with Crippen LogP contribution < -0.4 is 5.73 Å². The maximum atomic E-state index is 8.70. The maximum absolute atomic E-state index is 8.70. The van der Waals surface area contributed by atoms with E-state index >= 15 is 0 Å². The third kappa shape index (κ3) is 2.56.